The fourth-order valence-corrected chi connectivity index (χ4v) is 2.47. The zero-order chi connectivity index (χ0) is 17.8. The topological polar surface area (TPSA) is 85.0 Å². The third kappa shape index (κ3) is 4.06. The number of aromatic nitrogens is 3. The van der Waals surface area contributed by atoms with Gasteiger partial charge < -0.3 is 15.1 Å². The molecule has 0 bridgehead atoms. The van der Waals surface area contributed by atoms with Crippen LogP contribution in [0.2, 0.25) is 0 Å². The van der Waals surface area contributed by atoms with Crippen LogP contribution in [0.15, 0.2) is 53.3 Å². The van der Waals surface area contributed by atoms with Gasteiger partial charge in [0.25, 0.3) is 0 Å². The van der Waals surface area contributed by atoms with Crippen LogP contribution in [-0.4, -0.2) is 20.8 Å². The molecular formula is C18H21N5O2. The maximum absolute atomic E-state index is 12.2. The highest BCUT2D eigenvalue weighted by molar-refractivity contribution is 5.74. The summed E-state index contributed by atoms with van der Waals surface area (Å²) in [5, 5.41) is 9.82. The number of nitrogens with one attached hydrogen (secondary N) is 2. The second kappa shape index (κ2) is 7.21. The van der Waals surface area contributed by atoms with Crippen LogP contribution in [0, 0.1) is 0 Å². The molecule has 0 aliphatic carbocycles. The number of hydrogen-bond acceptors (Lipinski definition) is 4. The number of hydrogen-bond donors (Lipinski definition) is 2. The quantitative estimate of drug-likeness (QED) is 0.747. The van der Waals surface area contributed by atoms with E-state index < -0.39 is 0 Å². The highest BCUT2D eigenvalue weighted by Crippen LogP contribution is 2.22. The van der Waals surface area contributed by atoms with Crippen LogP contribution in [0.3, 0.4) is 0 Å². The maximum atomic E-state index is 12.2. The van der Waals surface area contributed by atoms with Crippen molar-refractivity contribution in [2.45, 2.75) is 25.9 Å². The lowest BCUT2D eigenvalue weighted by molar-refractivity contribution is 0.232. The normalized spacial score (nSPS) is 13.2. The highest BCUT2D eigenvalue weighted by Gasteiger charge is 2.17. The summed E-state index contributed by atoms with van der Waals surface area (Å²) in [4.78, 5) is 16.4. The second-order valence-electron chi connectivity index (χ2n) is 5.94. The molecule has 2 heterocycles. The van der Waals surface area contributed by atoms with E-state index >= 15 is 0 Å². The Bertz CT molecular complexity index is 840. The first-order valence-corrected chi connectivity index (χ1v) is 8.09. The van der Waals surface area contributed by atoms with Crippen molar-refractivity contribution >= 4 is 6.03 Å². The van der Waals surface area contributed by atoms with Crippen molar-refractivity contribution in [1.82, 2.24) is 25.4 Å². The van der Waals surface area contributed by atoms with Gasteiger partial charge in [-0.3, -0.25) is 4.68 Å². The predicted octanol–water partition coefficient (Wildman–Crippen LogP) is 3.20. The summed E-state index contributed by atoms with van der Waals surface area (Å²) >= 11 is 0. The average molecular weight is 339 g/mol. The van der Waals surface area contributed by atoms with E-state index in [-0.39, 0.29) is 18.1 Å². The molecule has 0 radical (unpaired) electrons. The van der Waals surface area contributed by atoms with E-state index in [4.69, 9.17) is 4.42 Å². The lowest BCUT2D eigenvalue weighted by atomic mass is 10.2. The number of urea groups is 1. The number of amides is 2. The summed E-state index contributed by atoms with van der Waals surface area (Å²) in [6, 6.07) is 8.93. The minimum absolute atomic E-state index is 0.148. The molecule has 130 valence electrons. The van der Waals surface area contributed by atoms with Crippen LogP contribution in [0.25, 0.3) is 11.3 Å². The van der Waals surface area contributed by atoms with Crippen molar-refractivity contribution in [1.29, 1.82) is 0 Å². The molecule has 0 unspecified atom stereocenters. The number of oxazole rings is 1. The number of carbonyl (C=O) groups excluding carboxylic acids is 1. The van der Waals surface area contributed by atoms with Crippen molar-refractivity contribution < 1.29 is 9.21 Å². The van der Waals surface area contributed by atoms with Gasteiger partial charge in [-0.15, -0.1) is 0 Å². The Hall–Kier alpha value is -3.09. The molecule has 25 heavy (non-hydrogen) atoms. The Balaban J connectivity index is 1.59. The first-order valence-electron chi connectivity index (χ1n) is 8.09. The minimum atomic E-state index is -0.349. The van der Waals surface area contributed by atoms with Crippen molar-refractivity contribution in [2.24, 2.45) is 7.05 Å². The van der Waals surface area contributed by atoms with E-state index in [0.29, 0.717) is 11.7 Å². The molecule has 1 aromatic carbocycles. The standard InChI is InChI=1S/C18H21N5O2/c1-12(15-9-20-23(3)11-15)21-18(24)22-13(2)17-19-10-16(25-17)14-7-5-4-6-8-14/h4-13H,1-3H3,(H2,21,22,24)/t12-,13-/m0/s1. The fraction of sp³-hybridized carbons (Fsp3) is 0.278. The van der Waals surface area contributed by atoms with Crippen molar-refractivity contribution in [3.63, 3.8) is 0 Å². The van der Waals surface area contributed by atoms with Crippen LogP contribution in [0.4, 0.5) is 4.79 Å². The monoisotopic (exact) mass is 339 g/mol. The van der Waals surface area contributed by atoms with Crippen molar-refractivity contribution in [3.8, 4) is 11.3 Å². The van der Waals surface area contributed by atoms with Gasteiger partial charge >= 0.3 is 6.03 Å². The molecule has 2 amide bonds. The Morgan fingerprint density at radius 1 is 1.12 bits per heavy atom. The molecule has 2 atom stereocenters. The van der Waals surface area contributed by atoms with Crippen molar-refractivity contribution in [2.75, 3.05) is 0 Å². The van der Waals surface area contributed by atoms with Gasteiger partial charge in [0.15, 0.2) is 5.76 Å². The summed E-state index contributed by atoms with van der Waals surface area (Å²) in [7, 11) is 1.84. The SMILES string of the molecule is C[C@H](NC(=O)N[C@@H](C)c1ncc(-c2ccccc2)o1)c1cnn(C)c1. The zero-order valence-corrected chi connectivity index (χ0v) is 14.4. The summed E-state index contributed by atoms with van der Waals surface area (Å²) in [5.74, 6) is 1.14. The fourth-order valence-electron chi connectivity index (χ4n) is 2.47. The lowest BCUT2D eigenvalue weighted by Crippen LogP contribution is -2.38. The van der Waals surface area contributed by atoms with Crippen LogP contribution in [0.5, 0.6) is 0 Å². The van der Waals surface area contributed by atoms with Gasteiger partial charge in [-0.25, -0.2) is 9.78 Å². The predicted molar refractivity (Wildman–Crippen MR) is 93.6 cm³/mol. The third-order valence-electron chi connectivity index (χ3n) is 3.87. The van der Waals surface area contributed by atoms with E-state index in [1.807, 2.05) is 57.4 Å². The van der Waals surface area contributed by atoms with Gasteiger partial charge in [0.05, 0.1) is 18.4 Å². The zero-order valence-electron chi connectivity index (χ0n) is 14.4. The number of carbonyl (C=O) groups is 1. The summed E-state index contributed by atoms with van der Waals surface area (Å²) < 4.78 is 7.46. The van der Waals surface area contributed by atoms with E-state index in [2.05, 4.69) is 20.7 Å². The molecule has 0 saturated carbocycles. The van der Waals surface area contributed by atoms with Crippen molar-refractivity contribution in [3.05, 3.63) is 60.4 Å². The van der Waals surface area contributed by atoms with Crippen LogP contribution >= 0.6 is 0 Å². The molecule has 0 fully saturated rings. The van der Waals surface area contributed by atoms with Gasteiger partial charge in [0, 0.05) is 24.4 Å². The van der Waals surface area contributed by atoms with E-state index in [9.17, 15) is 4.79 Å². The van der Waals surface area contributed by atoms with Gasteiger partial charge in [-0.2, -0.15) is 5.10 Å². The molecule has 7 heteroatoms. The molecular weight excluding hydrogens is 318 g/mol. The second-order valence-corrected chi connectivity index (χ2v) is 5.94. The van der Waals surface area contributed by atoms with Gasteiger partial charge in [-0.05, 0) is 13.8 Å². The van der Waals surface area contributed by atoms with Gasteiger partial charge in [0.1, 0.15) is 6.04 Å². The first kappa shape index (κ1) is 16.8. The molecule has 0 aliphatic heterocycles. The Morgan fingerprint density at radius 3 is 2.52 bits per heavy atom. The number of rotatable bonds is 5. The molecule has 3 rings (SSSR count). The maximum Gasteiger partial charge on any atom is 0.315 e. The van der Waals surface area contributed by atoms with Crippen LogP contribution in [-0.2, 0) is 7.05 Å². The van der Waals surface area contributed by atoms with Crippen LogP contribution in [0.1, 0.15) is 37.4 Å². The van der Waals surface area contributed by atoms with E-state index in [1.54, 1.807) is 17.1 Å². The minimum Gasteiger partial charge on any atom is -0.438 e. The summed E-state index contributed by atoms with van der Waals surface area (Å²) in [6.07, 6.45) is 5.27. The number of benzene rings is 1. The Labute approximate surface area is 146 Å². The largest absolute Gasteiger partial charge is 0.438 e. The van der Waals surface area contributed by atoms with E-state index in [1.165, 1.54) is 0 Å². The molecule has 3 aromatic rings. The number of aryl methyl sites for hydroxylation is 1. The molecule has 7 nitrogen and oxygen atoms in total. The smallest absolute Gasteiger partial charge is 0.315 e. The first-order chi connectivity index (χ1) is 12.0. The molecule has 0 saturated heterocycles. The van der Waals surface area contributed by atoms with Gasteiger partial charge in [0.2, 0.25) is 5.89 Å². The highest BCUT2D eigenvalue weighted by atomic mass is 16.4. The molecule has 0 spiro atoms. The van der Waals surface area contributed by atoms with E-state index in [0.717, 1.165) is 11.1 Å². The Morgan fingerprint density at radius 2 is 1.84 bits per heavy atom. The average Bonchev–Trinajstić information content (AvgIpc) is 3.24. The third-order valence-corrected chi connectivity index (χ3v) is 3.87. The molecule has 2 aromatic heterocycles. The number of nitrogens with zero attached hydrogens (tertiary/aromatic N) is 3. The molecule has 2 N–H and O–H groups in total. The van der Waals surface area contributed by atoms with Crippen LogP contribution < -0.4 is 10.6 Å². The molecule has 0 aliphatic rings. The Kier molecular flexibility index (Phi) is 4.83. The lowest BCUT2D eigenvalue weighted by Gasteiger charge is -2.15. The summed E-state index contributed by atoms with van der Waals surface area (Å²) in [6.45, 7) is 3.73. The summed E-state index contributed by atoms with van der Waals surface area (Å²) in [5.41, 5.74) is 1.89. The van der Waals surface area contributed by atoms with Gasteiger partial charge in [-0.1, -0.05) is 30.3 Å².